The third kappa shape index (κ3) is 4.05. The Kier molecular flexibility index (Phi) is 5.19. The lowest BCUT2D eigenvalue weighted by molar-refractivity contribution is -0.119. The van der Waals surface area contributed by atoms with E-state index >= 15 is 0 Å². The van der Waals surface area contributed by atoms with Crippen LogP contribution in [0.15, 0.2) is 42.5 Å². The molecule has 0 radical (unpaired) electrons. The van der Waals surface area contributed by atoms with Crippen molar-refractivity contribution in [2.24, 2.45) is 5.92 Å². The molecule has 8 nitrogen and oxygen atoms in total. The van der Waals surface area contributed by atoms with Crippen LogP contribution in [0.1, 0.15) is 29.0 Å². The van der Waals surface area contributed by atoms with Crippen LogP contribution in [0.3, 0.4) is 0 Å². The molecule has 0 N–H and O–H groups in total. The van der Waals surface area contributed by atoms with Gasteiger partial charge in [0.25, 0.3) is 5.91 Å². The van der Waals surface area contributed by atoms with Crippen molar-refractivity contribution in [1.82, 2.24) is 24.4 Å². The summed E-state index contributed by atoms with van der Waals surface area (Å²) in [5.74, 6) is 1.08. The van der Waals surface area contributed by atoms with Crippen molar-refractivity contribution in [3.63, 3.8) is 0 Å². The molecule has 2 aromatic heterocycles. The van der Waals surface area contributed by atoms with Crippen molar-refractivity contribution in [2.45, 2.75) is 25.3 Å². The molecule has 3 aromatic rings. The van der Waals surface area contributed by atoms with Gasteiger partial charge in [0.2, 0.25) is 0 Å². The van der Waals surface area contributed by atoms with Gasteiger partial charge in [-0.15, -0.1) is 0 Å². The second-order valence-corrected chi connectivity index (χ2v) is 9.22. The zero-order valence-electron chi connectivity index (χ0n) is 18.5. The molecule has 4 heterocycles. The molecule has 0 bridgehead atoms. The topological polar surface area (TPSA) is 80.0 Å². The van der Waals surface area contributed by atoms with Gasteiger partial charge in [-0.1, -0.05) is 18.2 Å². The smallest absolute Gasteiger partial charge is 0.253 e. The van der Waals surface area contributed by atoms with E-state index in [1.165, 1.54) is 0 Å². The van der Waals surface area contributed by atoms with Crippen LogP contribution in [0, 0.1) is 5.92 Å². The summed E-state index contributed by atoms with van der Waals surface area (Å²) in [6.07, 6.45) is 2.28. The van der Waals surface area contributed by atoms with E-state index in [1.807, 2.05) is 47.4 Å². The number of pyridine rings is 1. The van der Waals surface area contributed by atoms with Crippen LogP contribution >= 0.6 is 0 Å². The third-order valence-corrected chi connectivity index (χ3v) is 6.91. The Morgan fingerprint density at radius 2 is 1.76 bits per heavy atom. The predicted molar refractivity (Wildman–Crippen MR) is 122 cm³/mol. The molecule has 3 fully saturated rings. The number of Topliss-reactive ketones (excluding diaryl/α,β-unsaturated/α-hetero) is 1. The molecule has 33 heavy (non-hydrogen) atoms. The van der Waals surface area contributed by atoms with Gasteiger partial charge in [0.05, 0.1) is 25.3 Å². The Bertz CT molecular complexity index is 1190. The molecule has 0 unspecified atom stereocenters. The summed E-state index contributed by atoms with van der Waals surface area (Å²) in [7, 11) is 0. The molecular formula is C25H27N5O3. The molecule has 1 amide bonds. The summed E-state index contributed by atoms with van der Waals surface area (Å²) in [5.41, 5.74) is 3.26. The number of carbonyl (C=O) groups is 2. The molecule has 1 saturated carbocycles. The van der Waals surface area contributed by atoms with E-state index < -0.39 is 0 Å². The number of likely N-dealkylation sites (tertiary alicyclic amines) is 1. The summed E-state index contributed by atoms with van der Waals surface area (Å²) in [5, 5.41) is 4.60. The number of hydrogen-bond acceptors (Lipinski definition) is 6. The Morgan fingerprint density at radius 1 is 1.00 bits per heavy atom. The number of rotatable bonds is 6. The molecule has 6 rings (SSSR count). The minimum atomic E-state index is 0.0749. The minimum absolute atomic E-state index is 0.0749. The number of ether oxygens (including phenoxy) is 1. The van der Waals surface area contributed by atoms with Crippen LogP contribution in [0.2, 0.25) is 0 Å². The normalized spacial score (nSPS) is 19.6. The first-order valence-electron chi connectivity index (χ1n) is 11.7. The predicted octanol–water partition coefficient (Wildman–Crippen LogP) is 2.07. The third-order valence-electron chi connectivity index (χ3n) is 6.91. The quantitative estimate of drug-likeness (QED) is 0.578. The fourth-order valence-electron chi connectivity index (χ4n) is 4.71. The summed E-state index contributed by atoms with van der Waals surface area (Å²) in [6, 6.07) is 13.9. The van der Waals surface area contributed by atoms with Crippen LogP contribution in [0.4, 0.5) is 0 Å². The molecule has 3 aliphatic rings. The van der Waals surface area contributed by atoms with Crippen molar-refractivity contribution < 1.29 is 14.3 Å². The Balaban J connectivity index is 1.15. The second kappa shape index (κ2) is 8.35. The highest BCUT2D eigenvalue weighted by molar-refractivity contribution is 5.95. The maximum absolute atomic E-state index is 12.9. The number of amides is 1. The molecule has 170 valence electrons. The van der Waals surface area contributed by atoms with Crippen molar-refractivity contribution in [3.8, 4) is 11.3 Å². The van der Waals surface area contributed by atoms with Gasteiger partial charge < -0.3 is 9.64 Å². The summed E-state index contributed by atoms with van der Waals surface area (Å²) in [6.45, 7) is 5.02. The molecular weight excluding hydrogens is 418 g/mol. The SMILES string of the molecule is O=C(Cc1nc2cccc(-c3ccc(C(=O)N4CC(N5CCOCC5)C4)cc3)n2n1)C1CC1. The molecule has 0 atom stereocenters. The number of hydrogen-bond donors (Lipinski definition) is 0. The first-order valence-corrected chi connectivity index (χ1v) is 11.7. The monoisotopic (exact) mass is 445 g/mol. The van der Waals surface area contributed by atoms with Gasteiger partial charge in [-0.05, 0) is 37.1 Å². The van der Waals surface area contributed by atoms with Gasteiger partial charge >= 0.3 is 0 Å². The summed E-state index contributed by atoms with van der Waals surface area (Å²) >= 11 is 0. The fraction of sp³-hybridized carbons (Fsp3) is 0.440. The second-order valence-electron chi connectivity index (χ2n) is 9.22. The fourth-order valence-corrected chi connectivity index (χ4v) is 4.71. The number of ketones is 1. The average Bonchev–Trinajstić information content (AvgIpc) is 3.59. The zero-order valence-corrected chi connectivity index (χ0v) is 18.5. The van der Waals surface area contributed by atoms with Crippen LogP contribution in [0.5, 0.6) is 0 Å². The Hall–Kier alpha value is -3.10. The van der Waals surface area contributed by atoms with Crippen LogP contribution in [-0.2, 0) is 16.0 Å². The number of aromatic nitrogens is 3. The van der Waals surface area contributed by atoms with Crippen molar-refractivity contribution in [3.05, 3.63) is 53.9 Å². The number of morpholine rings is 1. The van der Waals surface area contributed by atoms with Gasteiger partial charge in [0, 0.05) is 49.3 Å². The maximum Gasteiger partial charge on any atom is 0.253 e. The summed E-state index contributed by atoms with van der Waals surface area (Å²) < 4.78 is 7.21. The molecule has 2 saturated heterocycles. The number of fused-ring (bicyclic) bond motifs is 1. The van der Waals surface area contributed by atoms with Crippen LogP contribution in [-0.4, -0.2) is 81.5 Å². The van der Waals surface area contributed by atoms with Crippen LogP contribution < -0.4 is 0 Å². The highest BCUT2D eigenvalue weighted by Gasteiger charge is 2.35. The zero-order chi connectivity index (χ0) is 22.4. The number of nitrogens with zero attached hydrogens (tertiary/aromatic N) is 5. The van der Waals surface area contributed by atoms with E-state index in [9.17, 15) is 9.59 Å². The van der Waals surface area contributed by atoms with Crippen molar-refractivity contribution in [1.29, 1.82) is 0 Å². The van der Waals surface area contributed by atoms with Crippen molar-refractivity contribution in [2.75, 3.05) is 39.4 Å². The first-order chi connectivity index (χ1) is 16.2. The number of benzene rings is 1. The van der Waals surface area contributed by atoms with Gasteiger partial charge in [0.1, 0.15) is 5.78 Å². The van der Waals surface area contributed by atoms with Gasteiger partial charge in [-0.2, -0.15) is 5.10 Å². The summed E-state index contributed by atoms with van der Waals surface area (Å²) in [4.78, 5) is 33.9. The largest absolute Gasteiger partial charge is 0.379 e. The first kappa shape index (κ1) is 20.5. The number of carbonyl (C=O) groups excluding carboxylic acids is 2. The van der Waals surface area contributed by atoms with E-state index in [1.54, 1.807) is 4.52 Å². The van der Waals surface area contributed by atoms with Crippen LogP contribution in [0.25, 0.3) is 16.9 Å². The van der Waals surface area contributed by atoms with Crippen molar-refractivity contribution >= 4 is 17.3 Å². The van der Waals surface area contributed by atoms with E-state index in [0.29, 0.717) is 23.9 Å². The highest BCUT2D eigenvalue weighted by atomic mass is 16.5. The lowest BCUT2D eigenvalue weighted by atomic mass is 10.0. The lowest BCUT2D eigenvalue weighted by Gasteiger charge is -2.46. The minimum Gasteiger partial charge on any atom is -0.379 e. The highest BCUT2D eigenvalue weighted by Crippen LogP contribution is 2.31. The maximum atomic E-state index is 12.9. The van der Waals surface area contributed by atoms with Gasteiger partial charge in [-0.25, -0.2) is 9.50 Å². The van der Waals surface area contributed by atoms with Gasteiger partial charge in [0.15, 0.2) is 11.5 Å². The molecule has 2 aliphatic heterocycles. The Labute approximate surface area is 192 Å². The molecule has 1 aromatic carbocycles. The lowest BCUT2D eigenvalue weighted by Crippen LogP contribution is -2.62. The standard InChI is InChI=1S/C25H27N5O3/c31-22(18-6-7-18)14-23-26-24-3-1-2-21(30(24)27-23)17-4-8-19(9-5-17)25(32)29-15-20(16-29)28-10-12-33-13-11-28/h1-5,8-9,18,20H,6-7,10-16H2. The van der Waals surface area contributed by atoms with Gasteiger partial charge in [-0.3, -0.25) is 14.5 Å². The van der Waals surface area contributed by atoms with E-state index in [2.05, 4.69) is 15.0 Å². The average molecular weight is 446 g/mol. The molecule has 8 heteroatoms. The Morgan fingerprint density at radius 3 is 2.48 bits per heavy atom. The van der Waals surface area contributed by atoms with E-state index in [-0.39, 0.29) is 17.6 Å². The van der Waals surface area contributed by atoms with E-state index in [4.69, 9.17) is 4.74 Å². The van der Waals surface area contributed by atoms with E-state index in [0.717, 1.165) is 69.1 Å². The molecule has 0 spiro atoms. The molecule has 1 aliphatic carbocycles.